The van der Waals surface area contributed by atoms with Crippen molar-refractivity contribution in [2.24, 2.45) is 0 Å². The summed E-state index contributed by atoms with van der Waals surface area (Å²) in [6, 6.07) is 12.9. The van der Waals surface area contributed by atoms with E-state index in [-0.39, 0.29) is 19.2 Å². The summed E-state index contributed by atoms with van der Waals surface area (Å²) in [6.07, 6.45) is 0. The monoisotopic (exact) mass is 433 g/mol. The SMILES string of the molecule is Cc1ccc(C)c(N(CC(=O)NC(C)COc2ccccc2C)S(=O)(=O)N(C)C)c1. The molecule has 7 nitrogen and oxygen atoms in total. The second kappa shape index (κ2) is 9.95. The van der Waals surface area contributed by atoms with Crippen molar-refractivity contribution in [2.45, 2.75) is 33.7 Å². The van der Waals surface area contributed by atoms with Gasteiger partial charge in [-0.05, 0) is 56.5 Å². The molecule has 30 heavy (non-hydrogen) atoms. The molecule has 0 fully saturated rings. The summed E-state index contributed by atoms with van der Waals surface area (Å²) in [5.74, 6) is 0.355. The molecule has 1 unspecified atom stereocenters. The summed E-state index contributed by atoms with van der Waals surface area (Å²) >= 11 is 0. The highest BCUT2D eigenvalue weighted by Gasteiger charge is 2.28. The molecule has 0 heterocycles. The van der Waals surface area contributed by atoms with Gasteiger partial charge in [0.15, 0.2) is 0 Å². The highest BCUT2D eigenvalue weighted by atomic mass is 32.2. The molecule has 1 amide bonds. The summed E-state index contributed by atoms with van der Waals surface area (Å²) in [4.78, 5) is 12.7. The van der Waals surface area contributed by atoms with E-state index in [1.165, 1.54) is 14.1 Å². The van der Waals surface area contributed by atoms with Crippen LogP contribution in [0.25, 0.3) is 0 Å². The van der Waals surface area contributed by atoms with Gasteiger partial charge < -0.3 is 10.1 Å². The van der Waals surface area contributed by atoms with Crippen LogP contribution in [0.3, 0.4) is 0 Å². The fourth-order valence-corrected chi connectivity index (χ4v) is 4.02. The molecule has 2 aromatic carbocycles. The van der Waals surface area contributed by atoms with Crippen LogP contribution in [0, 0.1) is 20.8 Å². The number of nitrogens with zero attached hydrogens (tertiary/aromatic N) is 2. The van der Waals surface area contributed by atoms with Crippen molar-refractivity contribution < 1.29 is 17.9 Å². The largest absolute Gasteiger partial charge is 0.491 e. The summed E-state index contributed by atoms with van der Waals surface area (Å²) < 4.78 is 33.8. The van der Waals surface area contributed by atoms with Crippen LogP contribution in [0.5, 0.6) is 5.75 Å². The van der Waals surface area contributed by atoms with E-state index in [1.807, 2.05) is 64.1 Å². The lowest BCUT2D eigenvalue weighted by atomic mass is 10.1. The molecular formula is C22H31N3O4S. The minimum absolute atomic E-state index is 0.278. The molecule has 0 saturated carbocycles. The number of anilines is 1. The molecule has 0 saturated heterocycles. The standard InChI is InChI=1S/C22H31N3O4S/c1-16-11-12-17(2)20(13-16)25(30(27,28)24(5)6)14-22(26)23-19(4)15-29-21-10-8-7-9-18(21)3/h7-13,19H,14-15H2,1-6H3,(H,23,26). The molecule has 0 aliphatic rings. The van der Waals surface area contributed by atoms with Crippen molar-refractivity contribution in [1.29, 1.82) is 0 Å². The Kier molecular flexibility index (Phi) is 7.86. The molecule has 0 aromatic heterocycles. The fourth-order valence-electron chi connectivity index (χ4n) is 2.90. The third kappa shape index (κ3) is 5.96. The quantitative estimate of drug-likeness (QED) is 0.660. The Morgan fingerprint density at radius 2 is 1.73 bits per heavy atom. The first-order chi connectivity index (χ1) is 14.0. The molecule has 0 radical (unpaired) electrons. The number of ether oxygens (including phenoxy) is 1. The van der Waals surface area contributed by atoms with Crippen molar-refractivity contribution >= 4 is 21.8 Å². The van der Waals surface area contributed by atoms with Crippen LogP contribution in [-0.4, -0.2) is 51.9 Å². The maximum atomic E-state index is 12.9. The van der Waals surface area contributed by atoms with E-state index < -0.39 is 16.1 Å². The second-order valence-corrected chi connectivity index (χ2v) is 9.70. The minimum atomic E-state index is -3.85. The van der Waals surface area contributed by atoms with Gasteiger partial charge >= 0.3 is 10.2 Å². The number of nitrogens with one attached hydrogen (secondary N) is 1. The number of hydrogen-bond donors (Lipinski definition) is 1. The van der Waals surface area contributed by atoms with Gasteiger partial charge in [-0.25, -0.2) is 4.31 Å². The Labute approximate surface area is 179 Å². The smallest absolute Gasteiger partial charge is 0.304 e. The van der Waals surface area contributed by atoms with Gasteiger partial charge in [0.1, 0.15) is 18.9 Å². The van der Waals surface area contributed by atoms with E-state index in [0.717, 1.165) is 31.1 Å². The van der Waals surface area contributed by atoms with Crippen LogP contribution < -0.4 is 14.4 Å². The number of amides is 1. The number of hydrogen-bond acceptors (Lipinski definition) is 4. The Morgan fingerprint density at radius 1 is 1.07 bits per heavy atom. The van der Waals surface area contributed by atoms with Gasteiger partial charge in [-0.1, -0.05) is 30.3 Å². The van der Waals surface area contributed by atoms with Crippen molar-refractivity contribution in [3.05, 3.63) is 59.2 Å². The maximum Gasteiger partial charge on any atom is 0.304 e. The topological polar surface area (TPSA) is 79.0 Å². The molecule has 1 N–H and O–H groups in total. The van der Waals surface area contributed by atoms with Gasteiger partial charge in [0.2, 0.25) is 5.91 Å². The highest BCUT2D eigenvalue weighted by molar-refractivity contribution is 7.90. The predicted molar refractivity (Wildman–Crippen MR) is 120 cm³/mol. The molecule has 0 aliphatic heterocycles. The number of rotatable bonds is 9. The average Bonchev–Trinajstić information content (AvgIpc) is 2.67. The lowest BCUT2D eigenvalue weighted by molar-refractivity contribution is -0.120. The predicted octanol–water partition coefficient (Wildman–Crippen LogP) is 2.81. The first-order valence-corrected chi connectivity index (χ1v) is 11.2. The molecule has 2 aromatic rings. The van der Waals surface area contributed by atoms with Gasteiger partial charge in [-0.3, -0.25) is 4.79 Å². The van der Waals surface area contributed by atoms with E-state index in [1.54, 1.807) is 6.07 Å². The molecule has 0 aliphatic carbocycles. The molecule has 1 atom stereocenters. The lowest BCUT2D eigenvalue weighted by Crippen LogP contribution is -2.48. The normalized spacial score (nSPS) is 12.5. The summed E-state index contributed by atoms with van der Waals surface area (Å²) in [6.45, 7) is 7.43. The van der Waals surface area contributed by atoms with E-state index in [0.29, 0.717) is 5.69 Å². The number of benzene rings is 2. The Hall–Kier alpha value is -2.58. The van der Waals surface area contributed by atoms with Crippen LogP contribution in [0.15, 0.2) is 42.5 Å². The van der Waals surface area contributed by atoms with Gasteiger partial charge in [0.05, 0.1) is 11.7 Å². The molecule has 8 heteroatoms. The van der Waals surface area contributed by atoms with Crippen molar-refractivity contribution in [3.63, 3.8) is 0 Å². The molecule has 2 rings (SSSR count). The van der Waals surface area contributed by atoms with Gasteiger partial charge in [0.25, 0.3) is 0 Å². The zero-order chi connectivity index (χ0) is 22.5. The van der Waals surface area contributed by atoms with E-state index in [4.69, 9.17) is 4.74 Å². The van der Waals surface area contributed by atoms with Gasteiger partial charge in [0, 0.05) is 14.1 Å². The number of aryl methyl sites for hydroxylation is 3. The Bertz CT molecular complexity index is 990. The van der Waals surface area contributed by atoms with Crippen molar-refractivity contribution in [2.75, 3.05) is 31.6 Å². The van der Waals surface area contributed by atoms with E-state index in [2.05, 4.69) is 5.32 Å². The molecule has 0 spiro atoms. The number of carbonyl (C=O) groups is 1. The first kappa shape index (κ1) is 23.7. The third-order valence-corrected chi connectivity index (χ3v) is 6.46. The van der Waals surface area contributed by atoms with E-state index >= 15 is 0 Å². The Morgan fingerprint density at radius 3 is 2.37 bits per heavy atom. The first-order valence-electron chi connectivity index (χ1n) is 9.77. The van der Waals surface area contributed by atoms with Gasteiger partial charge in [-0.15, -0.1) is 0 Å². The van der Waals surface area contributed by atoms with Crippen LogP contribution in [-0.2, 0) is 15.0 Å². The summed E-state index contributed by atoms with van der Waals surface area (Å²) in [5.41, 5.74) is 3.18. The van der Waals surface area contributed by atoms with Crippen molar-refractivity contribution in [3.8, 4) is 5.75 Å². The van der Waals surface area contributed by atoms with Crippen LogP contribution >= 0.6 is 0 Å². The number of carbonyl (C=O) groups excluding carboxylic acids is 1. The van der Waals surface area contributed by atoms with Crippen LogP contribution in [0.2, 0.25) is 0 Å². The van der Waals surface area contributed by atoms with Gasteiger partial charge in [-0.2, -0.15) is 12.7 Å². The third-order valence-electron chi connectivity index (χ3n) is 4.65. The second-order valence-electron chi connectivity index (χ2n) is 7.63. The summed E-state index contributed by atoms with van der Waals surface area (Å²) in [5, 5.41) is 2.83. The Balaban J connectivity index is 2.12. The lowest BCUT2D eigenvalue weighted by Gasteiger charge is -2.29. The van der Waals surface area contributed by atoms with Crippen molar-refractivity contribution in [1.82, 2.24) is 9.62 Å². The van der Waals surface area contributed by atoms with Crippen LogP contribution in [0.1, 0.15) is 23.6 Å². The zero-order valence-electron chi connectivity index (χ0n) is 18.5. The maximum absolute atomic E-state index is 12.9. The minimum Gasteiger partial charge on any atom is -0.491 e. The fraction of sp³-hybridized carbons (Fsp3) is 0.409. The summed E-state index contributed by atoms with van der Waals surface area (Å²) in [7, 11) is -0.952. The van der Waals surface area contributed by atoms with Crippen LogP contribution in [0.4, 0.5) is 5.69 Å². The average molecular weight is 434 g/mol. The molecular weight excluding hydrogens is 402 g/mol. The molecule has 164 valence electrons. The number of para-hydroxylation sites is 1. The highest BCUT2D eigenvalue weighted by Crippen LogP contribution is 2.25. The zero-order valence-corrected chi connectivity index (χ0v) is 19.3. The van der Waals surface area contributed by atoms with E-state index in [9.17, 15) is 13.2 Å². The molecule has 0 bridgehead atoms.